The molecule has 0 aromatic carbocycles. The van der Waals surface area contributed by atoms with Gasteiger partial charge in [-0.15, -0.1) is 10.2 Å². The molecule has 18 heavy (non-hydrogen) atoms. The number of sulfone groups is 1. The first kappa shape index (κ1) is 12.1. The van der Waals surface area contributed by atoms with Crippen LogP contribution in [0.2, 0.25) is 0 Å². The van der Waals surface area contributed by atoms with Crippen LogP contribution in [-0.4, -0.2) is 40.7 Å². The Morgan fingerprint density at radius 1 is 1.33 bits per heavy atom. The van der Waals surface area contributed by atoms with Crippen LogP contribution in [0.25, 0.3) is 0 Å². The lowest BCUT2D eigenvalue weighted by Crippen LogP contribution is -2.30. The molecular weight excluding hydrogens is 252 g/mol. The van der Waals surface area contributed by atoms with Crippen molar-refractivity contribution >= 4 is 9.84 Å². The number of aromatic nitrogens is 3. The lowest BCUT2D eigenvalue weighted by atomic mass is 10.2. The molecule has 1 saturated heterocycles. The highest BCUT2D eigenvalue weighted by atomic mass is 32.2. The second kappa shape index (κ2) is 4.31. The Labute approximate surface area is 107 Å². The predicted octanol–water partition coefficient (Wildman–Crippen LogP) is 0.198. The lowest BCUT2D eigenvalue weighted by Gasteiger charge is -2.11. The van der Waals surface area contributed by atoms with E-state index in [1.165, 1.54) is 12.8 Å². The largest absolute Gasteiger partial charge is 0.311 e. The van der Waals surface area contributed by atoms with E-state index in [0.717, 1.165) is 11.6 Å². The summed E-state index contributed by atoms with van der Waals surface area (Å²) in [6, 6.07) is 0.628. The number of aryl methyl sites for hydroxylation is 1. The van der Waals surface area contributed by atoms with Crippen molar-refractivity contribution < 1.29 is 8.42 Å². The van der Waals surface area contributed by atoms with Crippen LogP contribution in [0.3, 0.4) is 0 Å². The molecule has 6 nitrogen and oxygen atoms in total. The van der Waals surface area contributed by atoms with Gasteiger partial charge in [-0.2, -0.15) is 0 Å². The zero-order valence-electron chi connectivity index (χ0n) is 10.5. The molecule has 0 bridgehead atoms. The van der Waals surface area contributed by atoms with E-state index in [2.05, 4.69) is 20.1 Å². The summed E-state index contributed by atoms with van der Waals surface area (Å²) < 4.78 is 24.9. The van der Waals surface area contributed by atoms with Gasteiger partial charge in [0.15, 0.2) is 9.84 Å². The maximum atomic E-state index is 11.4. The summed E-state index contributed by atoms with van der Waals surface area (Å²) in [6.45, 7) is 2.58. The number of rotatable bonds is 4. The third-order valence-electron chi connectivity index (χ3n) is 3.63. The molecule has 1 unspecified atom stereocenters. The molecule has 1 aromatic rings. The van der Waals surface area contributed by atoms with Crippen molar-refractivity contribution in [3.8, 4) is 0 Å². The van der Waals surface area contributed by atoms with E-state index in [1.54, 1.807) is 0 Å². The minimum absolute atomic E-state index is 0.0691. The minimum atomic E-state index is -2.81. The third-order valence-corrected chi connectivity index (χ3v) is 5.40. The SMILES string of the molecule is Cc1nnc(CNC2CCS(=O)(=O)C2)n1C1CC1. The molecule has 1 saturated carbocycles. The van der Waals surface area contributed by atoms with Crippen LogP contribution in [0.4, 0.5) is 0 Å². The van der Waals surface area contributed by atoms with Crippen LogP contribution in [0.1, 0.15) is 37.0 Å². The van der Waals surface area contributed by atoms with Gasteiger partial charge >= 0.3 is 0 Å². The fourth-order valence-electron chi connectivity index (χ4n) is 2.53. The second-order valence-corrected chi connectivity index (χ2v) is 7.47. The molecule has 0 amide bonds. The summed E-state index contributed by atoms with van der Waals surface area (Å²) in [5.41, 5.74) is 0. The molecule has 1 aliphatic heterocycles. The van der Waals surface area contributed by atoms with Crippen molar-refractivity contribution in [1.82, 2.24) is 20.1 Å². The Morgan fingerprint density at radius 2 is 2.11 bits per heavy atom. The summed E-state index contributed by atoms with van der Waals surface area (Å²) in [5, 5.41) is 11.6. The van der Waals surface area contributed by atoms with Crippen LogP contribution in [-0.2, 0) is 16.4 Å². The molecule has 2 heterocycles. The average Bonchev–Trinajstić information content (AvgIpc) is 2.98. The van der Waals surface area contributed by atoms with Crippen LogP contribution < -0.4 is 5.32 Å². The minimum Gasteiger partial charge on any atom is -0.311 e. The smallest absolute Gasteiger partial charge is 0.151 e. The monoisotopic (exact) mass is 270 g/mol. The van der Waals surface area contributed by atoms with Crippen molar-refractivity contribution in [3.05, 3.63) is 11.6 Å². The second-order valence-electron chi connectivity index (χ2n) is 5.25. The van der Waals surface area contributed by atoms with Gasteiger partial charge in [0.25, 0.3) is 0 Å². The molecular formula is C11H18N4O2S. The van der Waals surface area contributed by atoms with Gasteiger partial charge in [-0.1, -0.05) is 0 Å². The van der Waals surface area contributed by atoms with Gasteiger partial charge in [0.2, 0.25) is 0 Å². The Kier molecular flexibility index (Phi) is 2.90. The molecule has 1 aromatic heterocycles. The molecule has 7 heteroatoms. The predicted molar refractivity (Wildman–Crippen MR) is 66.9 cm³/mol. The molecule has 1 aliphatic carbocycles. The van der Waals surface area contributed by atoms with Crippen LogP contribution >= 0.6 is 0 Å². The van der Waals surface area contributed by atoms with E-state index in [9.17, 15) is 8.42 Å². The van der Waals surface area contributed by atoms with Crippen molar-refractivity contribution in [2.45, 2.75) is 44.8 Å². The lowest BCUT2D eigenvalue weighted by molar-refractivity contribution is 0.522. The quantitative estimate of drug-likeness (QED) is 0.845. The number of hydrogen-bond acceptors (Lipinski definition) is 5. The first-order chi connectivity index (χ1) is 8.55. The van der Waals surface area contributed by atoms with Crippen LogP contribution in [0, 0.1) is 6.92 Å². The molecule has 100 valence electrons. The van der Waals surface area contributed by atoms with Gasteiger partial charge < -0.3 is 9.88 Å². The van der Waals surface area contributed by atoms with E-state index < -0.39 is 9.84 Å². The summed E-state index contributed by atoms with van der Waals surface area (Å²) in [6.07, 6.45) is 3.10. The number of hydrogen-bond donors (Lipinski definition) is 1. The van der Waals surface area contributed by atoms with Crippen molar-refractivity contribution in [2.24, 2.45) is 0 Å². The Hall–Kier alpha value is -0.950. The highest BCUT2D eigenvalue weighted by Gasteiger charge is 2.30. The van der Waals surface area contributed by atoms with Gasteiger partial charge in [-0.25, -0.2) is 8.42 Å². The molecule has 0 radical (unpaired) electrons. The Morgan fingerprint density at radius 3 is 2.72 bits per heavy atom. The Balaban J connectivity index is 1.64. The van der Waals surface area contributed by atoms with E-state index in [0.29, 0.717) is 24.8 Å². The third kappa shape index (κ3) is 2.42. The standard InChI is InChI=1S/C11H18N4O2S/c1-8-13-14-11(15(8)10-2-3-10)6-12-9-4-5-18(16,17)7-9/h9-10,12H,2-7H2,1H3. The van der Waals surface area contributed by atoms with Crippen molar-refractivity contribution in [1.29, 1.82) is 0 Å². The average molecular weight is 270 g/mol. The molecule has 0 spiro atoms. The van der Waals surface area contributed by atoms with Gasteiger partial charge in [-0.05, 0) is 26.2 Å². The van der Waals surface area contributed by atoms with Gasteiger partial charge in [0.05, 0.1) is 18.1 Å². The topological polar surface area (TPSA) is 76.9 Å². The van der Waals surface area contributed by atoms with Gasteiger partial charge in [0.1, 0.15) is 11.6 Å². The molecule has 2 fully saturated rings. The van der Waals surface area contributed by atoms with Crippen molar-refractivity contribution in [2.75, 3.05) is 11.5 Å². The van der Waals surface area contributed by atoms with E-state index >= 15 is 0 Å². The molecule has 3 rings (SSSR count). The summed E-state index contributed by atoms with van der Waals surface area (Å²) in [5.74, 6) is 2.44. The van der Waals surface area contributed by atoms with E-state index in [1.807, 2.05) is 6.92 Å². The normalized spacial score (nSPS) is 26.6. The van der Waals surface area contributed by atoms with Gasteiger partial charge in [0, 0.05) is 12.1 Å². The maximum Gasteiger partial charge on any atom is 0.151 e. The number of nitrogens with one attached hydrogen (secondary N) is 1. The van der Waals surface area contributed by atoms with E-state index in [-0.39, 0.29) is 11.8 Å². The molecule has 1 atom stereocenters. The van der Waals surface area contributed by atoms with E-state index in [4.69, 9.17) is 0 Å². The first-order valence-corrected chi connectivity index (χ1v) is 8.21. The van der Waals surface area contributed by atoms with Crippen LogP contribution in [0.5, 0.6) is 0 Å². The fraction of sp³-hybridized carbons (Fsp3) is 0.818. The summed E-state index contributed by atoms with van der Waals surface area (Å²) in [4.78, 5) is 0. The Bertz CT molecular complexity index is 547. The number of nitrogens with zero attached hydrogens (tertiary/aromatic N) is 3. The van der Waals surface area contributed by atoms with Crippen molar-refractivity contribution in [3.63, 3.8) is 0 Å². The zero-order valence-corrected chi connectivity index (χ0v) is 11.3. The molecule has 1 N–H and O–H groups in total. The first-order valence-electron chi connectivity index (χ1n) is 6.39. The highest BCUT2D eigenvalue weighted by Crippen LogP contribution is 2.36. The summed E-state index contributed by atoms with van der Waals surface area (Å²) >= 11 is 0. The fourth-order valence-corrected chi connectivity index (χ4v) is 4.24. The highest BCUT2D eigenvalue weighted by molar-refractivity contribution is 7.91. The maximum absolute atomic E-state index is 11.4. The van der Waals surface area contributed by atoms with Crippen LogP contribution in [0.15, 0.2) is 0 Å². The zero-order chi connectivity index (χ0) is 12.8. The van der Waals surface area contributed by atoms with Gasteiger partial charge in [-0.3, -0.25) is 0 Å². The molecule has 2 aliphatic rings. The summed E-state index contributed by atoms with van der Waals surface area (Å²) in [7, 11) is -2.81.